The van der Waals surface area contributed by atoms with E-state index in [-0.39, 0.29) is 0 Å². The highest BCUT2D eigenvalue weighted by atomic mass is 16.4. The Morgan fingerprint density at radius 3 is 2.11 bits per heavy atom. The molecule has 0 bridgehead atoms. The Morgan fingerprint density at radius 1 is 1.56 bits per heavy atom. The molecule has 0 heterocycles. The minimum atomic E-state index is 1.06. The second-order valence-electron chi connectivity index (χ2n) is 1.44. The Bertz CT molecular complexity index is 105. The first-order valence-corrected chi connectivity index (χ1v) is 2.48. The zero-order chi connectivity index (χ0) is 7.70. The molecule has 0 atom stereocenters. The zero-order valence-electron chi connectivity index (χ0n) is 5.67. The summed E-state index contributed by atoms with van der Waals surface area (Å²) >= 11 is 0. The van der Waals surface area contributed by atoms with Crippen molar-refractivity contribution in [3.05, 3.63) is 37.0 Å². The largest absolute Gasteiger partial charge is 0.320 e. The molecule has 0 spiro atoms. The maximum absolute atomic E-state index is 6.50. The fraction of sp³-hybridized carbons (Fsp3) is 0.143. The molecular formula is C7H13NO. The summed E-state index contributed by atoms with van der Waals surface area (Å²) in [7, 11) is 0. The Hall–Kier alpha value is -0.860. The molecule has 0 aliphatic heterocycles. The van der Waals surface area contributed by atoms with Gasteiger partial charge in [0.25, 0.3) is 0 Å². The average molecular weight is 127 g/mol. The first-order valence-electron chi connectivity index (χ1n) is 2.48. The van der Waals surface area contributed by atoms with Crippen molar-refractivity contribution in [3.8, 4) is 0 Å². The van der Waals surface area contributed by atoms with Crippen molar-refractivity contribution in [3.63, 3.8) is 0 Å². The third kappa shape index (κ3) is 19.1. The molecule has 0 aromatic heterocycles. The van der Waals surface area contributed by atoms with Crippen LogP contribution in [0, 0.1) is 0 Å². The number of nitrogens with two attached hydrogens (primary N) is 1. The fourth-order valence-electron chi connectivity index (χ4n) is 0.232. The maximum Gasteiger partial charge on any atom is -0.0404 e. The van der Waals surface area contributed by atoms with Crippen molar-refractivity contribution in [1.29, 1.82) is 0 Å². The summed E-state index contributed by atoms with van der Waals surface area (Å²) in [6.07, 6.45) is 5.50. The van der Waals surface area contributed by atoms with Crippen LogP contribution in [0.25, 0.3) is 0 Å². The smallest absolute Gasteiger partial charge is 0.0404 e. The number of rotatable bonds is 2. The van der Waals surface area contributed by atoms with Crippen LogP contribution in [-0.4, -0.2) is 5.21 Å². The molecule has 0 aromatic carbocycles. The van der Waals surface area contributed by atoms with Crippen LogP contribution < -0.4 is 5.90 Å². The predicted octanol–water partition coefficient (Wildman–Crippen LogP) is 1.64. The molecule has 3 N–H and O–H groups in total. The second-order valence-corrected chi connectivity index (χ2v) is 1.44. The van der Waals surface area contributed by atoms with Crippen molar-refractivity contribution in [2.45, 2.75) is 6.92 Å². The van der Waals surface area contributed by atoms with E-state index in [1.807, 2.05) is 19.1 Å². The second kappa shape index (κ2) is 10.2. The third-order valence-electron chi connectivity index (χ3n) is 0.517. The molecule has 0 rings (SSSR count). The van der Waals surface area contributed by atoms with E-state index in [9.17, 15) is 0 Å². The van der Waals surface area contributed by atoms with Gasteiger partial charge in [-0.25, -0.2) is 5.90 Å². The molecular weight excluding hydrogens is 114 g/mol. The molecule has 0 fully saturated rings. The third-order valence-corrected chi connectivity index (χ3v) is 0.517. The van der Waals surface area contributed by atoms with E-state index in [2.05, 4.69) is 19.1 Å². The van der Waals surface area contributed by atoms with Crippen molar-refractivity contribution in [2.24, 2.45) is 5.90 Å². The van der Waals surface area contributed by atoms with Crippen molar-refractivity contribution in [2.75, 3.05) is 0 Å². The fourth-order valence-corrected chi connectivity index (χ4v) is 0.232. The molecule has 0 aliphatic rings. The highest BCUT2D eigenvalue weighted by Crippen LogP contribution is 1.86. The van der Waals surface area contributed by atoms with Crippen LogP contribution in [0.4, 0.5) is 0 Å². The monoisotopic (exact) mass is 127 g/mol. The quantitative estimate of drug-likeness (QED) is 0.437. The van der Waals surface area contributed by atoms with E-state index in [0.29, 0.717) is 0 Å². The molecule has 52 valence electrons. The van der Waals surface area contributed by atoms with Crippen LogP contribution in [0.2, 0.25) is 0 Å². The van der Waals surface area contributed by atoms with Gasteiger partial charge in [0, 0.05) is 0 Å². The molecule has 0 amide bonds. The summed E-state index contributed by atoms with van der Waals surface area (Å²) in [5.41, 5.74) is 1.06. The van der Waals surface area contributed by atoms with E-state index < -0.39 is 0 Å². The molecule has 0 saturated carbocycles. The standard InChI is InChI=1S/C7H10.H3NO/c1-4-5-6-7(2)3;1-2/h4-6H,1-2H2,3H3;2H,1H2/b6-5-;. The van der Waals surface area contributed by atoms with E-state index >= 15 is 0 Å². The van der Waals surface area contributed by atoms with Gasteiger partial charge in [0.15, 0.2) is 0 Å². The van der Waals surface area contributed by atoms with Gasteiger partial charge in [-0.1, -0.05) is 37.0 Å². The topological polar surface area (TPSA) is 46.2 Å². The van der Waals surface area contributed by atoms with E-state index in [1.165, 1.54) is 0 Å². The predicted molar refractivity (Wildman–Crippen MR) is 40.1 cm³/mol. The Labute approximate surface area is 56.0 Å². The summed E-state index contributed by atoms with van der Waals surface area (Å²) in [5.74, 6) is 3.50. The summed E-state index contributed by atoms with van der Waals surface area (Å²) in [6, 6.07) is 0. The minimum Gasteiger partial charge on any atom is -0.320 e. The Balaban J connectivity index is 0. The van der Waals surface area contributed by atoms with E-state index in [0.717, 1.165) is 5.57 Å². The number of hydrogen-bond donors (Lipinski definition) is 2. The van der Waals surface area contributed by atoms with Gasteiger partial charge in [-0.2, -0.15) is 0 Å². The molecule has 0 aromatic rings. The van der Waals surface area contributed by atoms with Crippen molar-refractivity contribution < 1.29 is 5.21 Å². The SMILES string of the molecule is C=C/C=C\C(=C)C.NO. The average Bonchev–Trinajstić information content (AvgIpc) is 1.88. The summed E-state index contributed by atoms with van der Waals surface area (Å²) < 4.78 is 0. The van der Waals surface area contributed by atoms with E-state index in [4.69, 9.17) is 5.21 Å². The van der Waals surface area contributed by atoms with E-state index in [1.54, 1.807) is 6.08 Å². The lowest BCUT2D eigenvalue weighted by atomic mass is 10.3. The lowest BCUT2D eigenvalue weighted by Gasteiger charge is -1.77. The van der Waals surface area contributed by atoms with Gasteiger partial charge < -0.3 is 5.21 Å². The maximum atomic E-state index is 6.50. The van der Waals surface area contributed by atoms with Crippen LogP contribution in [0.5, 0.6) is 0 Å². The molecule has 0 aliphatic carbocycles. The highest BCUT2D eigenvalue weighted by molar-refractivity contribution is 5.15. The number of allylic oxidation sites excluding steroid dienone is 4. The van der Waals surface area contributed by atoms with Crippen LogP contribution >= 0.6 is 0 Å². The minimum absolute atomic E-state index is 1.06. The van der Waals surface area contributed by atoms with Crippen molar-refractivity contribution >= 4 is 0 Å². The summed E-state index contributed by atoms with van der Waals surface area (Å²) in [4.78, 5) is 0. The van der Waals surface area contributed by atoms with Gasteiger partial charge in [0.2, 0.25) is 0 Å². The zero-order valence-corrected chi connectivity index (χ0v) is 5.67. The van der Waals surface area contributed by atoms with Gasteiger partial charge in [-0.15, -0.1) is 0 Å². The normalized spacial score (nSPS) is 7.89. The highest BCUT2D eigenvalue weighted by Gasteiger charge is 1.65. The Kier molecular flexibility index (Phi) is 12.5. The van der Waals surface area contributed by atoms with Crippen molar-refractivity contribution in [1.82, 2.24) is 0 Å². The molecule has 0 unspecified atom stereocenters. The summed E-state index contributed by atoms with van der Waals surface area (Å²) in [6.45, 7) is 9.11. The molecule has 9 heavy (non-hydrogen) atoms. The van der Waals surface area contributed by atoms with Gasteiger partial charge in [0.1, 0.15) is 0 Å². The van der Waals surface area contributed by atoms with Gasteiger partial charge in [0.05, 0.1) is 0 Å². The van der Waals surface area contributed by atoms with Crippen LogP contribution in [0.15, 0.2) is 37.0 Å². The summed E-state index contributed by atoms with van der Waals surface area (Å²) in [5, 5.41) is 6.50. The van der Waals surface area contributed by atoms with Crippen LogP contribution in [-0.2, 0) is 0 Å². The first kappa shape index (κ1) is 11.0. The molecule has 2 heteroatoms. The Morgan fingerprint density at radius 2 is 2.00 bits per heavy atom. The van der Waals surface area contributed by atoms with Gasteiger partial charge in [-0.3, -0.25) is 0 Å². The van der Waals surface area contributed by atoms with Crippen LogP contribution in [0.3, 0.4) is 0 Å². The van der Waals surface area contributed by atoms with Crippen LogP contribution in [0.1, 0.15) is 6.92 Å². The van der Waals surface area contributed by atoms with Gasteiger partial charge in [-0.05, 0) is 6.92 Å². The number of hydrogen-bond acceptors (Lipinski definition) is 2. The molecule has 2 nitrogen and oxygen atoms in total. The van der Waals surface area contributed by atoms with Gasteiger partial charge >= 0.3 is 0 Å². The lowest BCUT2D eigenvalue weighted by Crippen LogP contribution is -1.72. The molecule has 0 radical (unpaired) electrons. The first-order chi connectivity index (χ1) is 4.27. The lowest BCUT2D eigenvalue weighted by molar-refractivity contribution is 0.311. The molecule has 0 saturated heterocycles.